The predicted octanol–water partition coefficient (Wildman–Crippen LogP) is 3.24. The van der Waals surface area contributed by atoms with Crippen LogP contribution in [-0.4, -0.2) is 38.2 Å². The average molecular weight is 314 g/mol. The van der Waals surface area contributed by atoms with E-state index in [2.05, 4.69) is 16.7 Å². The monoisotopic (exact) mass is 314 g/mol. The van der Waals surface area contributed by atoms with Crippen molar-refractivity contribution in [3.8, 4) is 11.5 Å². The Labute approximate surface area is 137 Å². The Bertz CT molecular complexity index is 718. The first-order chi connectivity index (χ1) is 11.3. The maximum Gasteiger partial charge on any atom is 0.183 e. The second kappa shape index (κ2) is 5.59. The first-order valence-electron chi connectivity index (χ1n) is 8.40. The van der Waals surface area contributed by atoms with E-state index in [-0.39, 0.29) is 0 Å². The average Bonchev–Trinajstić information content (AvgIpc) is 3.03. The maximum atomic E-state index is 5.59. The molecule has 0 aromatic heterocycles. The standard InChI is InChI=1S/C19H24NO3/c1-21-17-7-6-15-13(17)4-5-16-14-11-19(23-3)18(22-2)10-12(14)8-9-20(15)16/h10-11,16H,4-9H2,1-3H3/q+1/t16-/m0/s1. The van der Waals surface area contributed by atoms with E-state index in [0.29, 0.717) is 6.04 Å². The molecule has 1 aromatic carbocycles. The van der Waals surface area contributed by atoms with Gasteiger partial charge in [0.2, 0.25) is 0 Å². The lowest BCUT2D eigenvalue weighted by atomic mass is 9.85. The summed E-state index contributed by atoms with van der Waals surface area (Å²) in [5.41, 5.74) is 5.79. The lowest BCUT2D eigenvalue weighted by Crippen LogP contribution is -2.35. The summed E-state index contributed by atoms with van der Waals surface area (Å²) in [6, 6.07) is 4.82. The van der Waals surface area contributed by atoms with Crippen molar-refractivity contribution >= 4 is 5.71 Å². The van der Waals surface area contributed by atoms with Crippen molar-refractivity contribution in [2.45, 2.75) is 38.1 Å². The van der Waals surface area contributed by atoms with Crippen LogP contribution in [0.4, 0.5) is 0 Å². The summed E-state index contributed by atoms with van der Waals surface area (Å²) >= 11 is 0. The fourth-order valence-electron chi connectivity index (χ4n) is 4.46. The molecule has 2 heterocycles. The van der Waals surface area contributed by atoms with E-state index >= 15 is 0 Å². The van der Waals surface area contributed by atoms with Crippen LogP contribution in [0.15, 0.2) is 23.5 Å². The molecule has 4 rings (SSSR count). The van der Waals surface area contributed by atoms with Crippen LogP contribution in [0.2, 0.25) is 0 Å². The Kier molecular flexibility index (Phi) is 3.55. The number of nitrogens with zero attached hydrogens (tertiary/aromatic N) is 1. The molecule has 0 spiro atoms. The van der Waals surface area contributed by atoms with Gasteiger partial charge in [-0.15, -0.1) is 0 Å². The zero-order chi connectivity index (χ0) is 16.0. The summed E-state index contributed by atoms with van der Waals surface area (Å²) in [5.74, 6) is 2.88. The highest BCUT2D eigenvalue weighted by Gasteiger charge is 2.42. The lowest BCUT2D eigenvalue weighted by Gasteiger charge is -2.30. The summed E-state index contributed by atoms with van der Waals surface area (Å²) in [6.45, 7) is 1.09. The molecule has 23 heavy (non-hydrogen) atoms. The van der Waals surface area contributed by atoms with Gasteiger partial charge in [0, 0.05) is 31.2 Å². The zero-order valence-electron chi connectivity index (χ0n) is 14.1. The third-order valence-electron chi connectivity index (χ3n) is 5.54. The number of fused-ring (bicyclic) bond motifs is 4. The van der Waals surface area contributed by atoms with Crippen LogP contribution in [0.25, 0.3) is 0 Å². The van der Waals surface area contributed by atoms with Gasteiger partial charge in [0.25, 0.3) is 0 Å². The molecule has 0 saturated heterocycles. The van der Waals surface area contributed by atoms with Gasteiger partial charge in [-0.3, -0.25) is 0 Å². The summed E-state index contributed by atoms with van der Waals surface area (Å²) < 4.78 is 19.2. The smallest absolute Gasteiger partial charge is 0.183 e. The molecule has 0 amide bonds. The highest BCUT2D eigenvalue weighted by atomic mass is 16.5. The van der Waals surface area contributed by atoms with Crippen LogP contribution in [0.3, 0.4) is 0 Å². The van der Waals surface area contributed by atoms with Crippen molar-refractivity contribution < 1.29 is 18.8 Å². The van der Waals surface area contributed by atoms with Gasteiger partial charge < -0.3 is 14.2 Å². The van der Waals surface area contributed by atoms with Crippen molar-refractivity contribution in [2.24, 2.45) is 0 Å². The molecule has 122 valence electrons. The number of benzene rings is 1. The first kappa shape index (κ1) is 14.6. The predicted molar refractivity (Wildman–Crippen MR) is 88.6 cm³/mol. The summed E-state index contributed by atoms with van der Waals surface area (Å²) in [6.07, 6.45) is 5.51. The zero-order valence-corrected chi connectivity index (χ0v) is 14.1. The third kappa shape index (κ3) is 2.15. The minimum atomic E-state index is 0.466. The maximum absolute atomic E-state index is 5.59. The fourth-order valence-corrected chi connectivity index (χ4v) is 4.46. The largest absolute Gasteiger partial charge is 0.501 e. The Hall–Kier alpha value is -1.97. The minimum absolute atomic E-state index is 0.466. The molecule has 0 unspecified atom stereocenters. The van der Waals surface area contributed by atoms with Crippen LogP contribution in [-0.2, 0) is 11.2 Å². The summed E-state index contributed by atoms with van der Waals surface area (Å²) in [4.78, 5) is 0. The molecule has 2 aliphatic heterocycles. The Balaban J connectivity index is 1.81. The number of methoxy groups -OCH3 is 3. The molecule has 4 heteroatoms. The Morgan fingerprint density at radius 1 is 0.913 bits per heavy atom. The number of rotatable bonds is 3. The van der Waals surface area contributed by atoms with E-state index < -0.39 is 0 Å². The van der Waals surface area contributed by atoms with Crippen molar-refractivity contribution in [3.05, 3.63) is 34.6 Å². The second-order valence-electron chi connectivity index (χ2n) is 6.46. The van der Waals surface area contributed by atoms with Crippen LogP contribution in [0.1, 0.15) is 42.9 Å². The van der Waals surface area contributed by atoms with Crippen molar-refractivity contribution in [3.63, 3.8) is 0 Å². The Morgan fingerprint density at radius 2 is 1.70 bits per heavy atom. The normalized spacial score (nSPS) is 22.5. The van der Waals surface area contributed by atoms with Crippen LogP contribution >= 0.6 is 0 Å². The fraction of sp³-hybridized carbons (Fsp3) is 0.526. The van der Waals surface area contributed by atoms with Crippen molar-refractivity contribution in [1.82, 2.24) is 0 Å². The number of ether oxygens (including phenoxy) is 3. The van der Waals surface area contributed by atoms with Gasteiger partial charge >= 0.3 is 0 Å². The van der Waals surface area contributed by atoms with Crippen LogP contribution in [0.5, 0.6) is 11.5 Å². The molecule has 0 fully saturated rings. The van der Waals surface area contributed by atoms with Gasteiger partial charge in [-0.2, -0.15) is 0 Å². The van der Waals surface area contributed by atoms with Crippen molar-refractivity contribution in [2.75, 3.05) is 27.9 Å². The SMILES string of the molecule is COC1=C2CC[C@H]3c4cc(OC)c(OC)cc4CC[N+]3=C2CC1. The van der Waals surface area contributed by atoms with E-state index in [0.717, 1.165) is 50.1 Å². The topological polar surface area (TPSA) is 30.7 Å². The van der Waals surface area contributed by atoms with E-state index in [1.54, 1.807) is 21.3 Å². The molecule has 1 aromatic rings. The molecule has 1 atom stereocenters. The number of hydrogen-bond acceptors (Lipinski definition) is 3. The van der Waals surface area contributed by atoms with E-state index in [9.17, 15) is 0 Å². The number of allylic oxidation sites excluding steroid dienone is 2. The van der Waals surface area contributed by atoms with E-state index in [1.165, 1.54) is 28.2 Å². The highest BCUT2D eigenvalue weighted by Crippen LogP contribution is 2.43. The summed E-state index contributed by atoms with van der Waals surface area (Å²) in [7, 11) is 5.22. The molecule has 0 N–H and O–H groups in total. The highest BCUT2D eigenvalue weighted by molar-refractivity contribution is 5.99. The Morgan fingerprint density at radius 3 is 2.43 bits per heavy atom. The van der Waals surface area contributed by atoms with Gasteiger partial charge in [-0.25, -0.2) is 4.58 Å². The molecule has 1 aliphatic carbocycles. The van der Waals surface area contributed by atoms with E-state index in [4.69, 9.17) is 14.2 Å². The van der Waals surface area contributed by atoms with E-state index in [1.807, 2.05) is 0 Å². The van der Waals surface area contributed by atoms with Crippen LogP contribution < -0.4 is 9.47 Å². The second-order valence-corrected chi connectivity index (χ2v) is 6.46. The molecular weight excluding hydrogens is 290 g/mol. The summed E-state index contributed by atoms with van der Waals surface area (Å²) in [5, 5.41) is 0. The quantitative estimate of drug-likeness (QED) is 0.803. The van der Waals surface area contributed by atoms with Crippen molar-refractivity contribution in [1.29, 1.82) is 0 Å². The molecule has 0 radical (unpaired) electrons. The van der Waals surface area contributed by atoms with Gasteiger partial charge in [0.15, 0.2) is 23.3 Å². The molecule has 0 saturated carbocycles. The minimum Gasteiger partial charge on any atom is -0.501 e. The molecule has 0 bridgehead atoms. The first-order valence-corrected chi connectivity index (χ1v) is 8.40. The van der Waals surface area contributed by atoms with Gasteiger partial charge in [0.05, 0.1) is 26.9 Å². The van der Waals surface area contributed by atoms with Gasteiger partial charge in [0.1, 0.15) is 12.3 Å². The van der Waals surface area contributed by atoms with Crippen LogP contribution in [0, 0.1) is 0 Å². The molecule has 4 nitrogen and oxygen atoms in total. The molecular formula is C19H24NO3+. The third-order valence-corrected chi connectivity index (χ3v) is 5.54. The lowest BCUT2D eigenvalue weighted by molar-refractivity contribution is -0.580. The molecule has 3 aliphatic rings. The van der Waals surface area contributed by atoms with Gasteiger partial charge in [-0.1, -0.05) is 0 Å². The number of hydrogen-bond donors (Lipinski definition) is 0. The van der Waals surface area contributed by atoms with Gasteiger partial charge in [-0.05, 0) is 24.1 Å².